The molecule has 0 atom stereocenters. The summed E-state index contributed by atoms with van der Waals surface area (Å²) in [6.07, 6.45) is 3.58. The summed E-state index contributed by atoms with van der Waals surface area (Å²) in [6.45, 7) is 2.03. The molecule has 0 radical (unpaired) electrons. The lowest BCUT2D eigenvalue weighted by Gasteiger charge is -1.91. The molecule has 0 saturated carbocycles. The summed E-state index contributed by atoms with van der Waals surface area (Å²) in [5, 5.41) is 8.41. The second-order valence-corrected chi connectivity index (χ2v) is 3.10. The Morgan fingerprint density at radius 3 is 3.08 bits per heavy atom. The molecule has 0 bridgehead atoms. The van der Waals surface area contributed by atoms with Crippen LogP contribution in [0.1, 0.15) is 5.69 Å². The van der Waals surface area contributed by atoms with Crippen LogP contribution in [0.25, 0.3) is 21.9 Å². The van der Waals surface area contributed by atoms with Crippen molar-refractivity contribution in [1.82, 2.24) is 20.2 Å². The van der Waals surface area contributed by atoms with Crippen LogP contribution in [0.3, 0.4) is 0 Å². The van der Waals surface area contributed by atoms with Crippen molar-refractivity contribution >= 4 is 21.9 Å². The first-order valence-corrected chi connectivity index (χ1v) is 4.12. The van der Waals surface area contributed by atoms with E-state index in [1.165, 1.54) is 5.39 Å². The summed E-state index contributed by atoms with van der Waals surface area (Å²) in [5.74, 6) is 0. The van der Waals surface area contributed by atoms with Gasteiger partial charge in [0, 0.05) is 22.7 Å². The average molecular weight is 172 g/mol. The maximum atomic E-state index is 4.22. The standard InChI is InChI=1S/C9H8N4/c1-5-8-6-2-3-10-9(6)11-4-7(8)13-12-5/h2-4,12-13H,1H3. The minimum absolute atomic E-state index is 0.809. The summed E-state index contributed by atoms with van der Waals surface area (Å²) in [6, 6.07) is 1.99. The fourth-order valence-electron chi connectivity index (χ4n) is 1.68. The lowest BCUT2D eigenvalue weighted by atomic mass is 10.2. The Labute approximate surface area is 74.0 Å². The molecule has 64 valence electrons. The number of nitrogens with one attached hydrogen (secondary N) is 2. The van der Waals surface area contributed by atoms with Crippen molar-refractivity contribution in [3.63, 3.8) is 0 Å². The highest BCUT2D eigenvalue weighted by atomic mass is 15.1. The molecule has 0 spiro atoms. The SMILES string of the molecule is Cc1[nH][nH]c2cnc3nccc3c12. The van der Waals surface area contributed by atoms with E-state index < -0.39 is 0 Å². The van der Waals surface area contributed by atoms with Gasteiger partial charge in [-0.1, -0.05) is 0 Å². The van der Waals surface area contributed by atoms with Crippen LogP contribution in [0, 0.1) is 6.92 Å². The Morgan fingerprint density at radius 2 is 2.15 bits per heavy atom. The van der Waals surface area contributed by atoms with Gasteiger partial charge < -0.3 is 5.10 Å². The third-order valence-corrected chi connectivity index (χ3v) is 2.29. The molecule has 0 aliphatic carbocycles. The van der Waals surface area contributed by atoms with Crippen molar-refractivity contribution < 1.29 is 0 Å². The predicted molar refractivity (Wildman–Crippen MR) is 50.5 cm³/mol. The molecule has 2 N–H and O–H groups in total. The maximum absolute atomic E-state index is 4.22. The monoisotopic (exact) mass is 172 g/mol. The van der Waals surface area contributed by atoms with Crippen LogP contribution >= 0.6 is 0 Å². The third kappa shape index (κ3) is 0.744. The normalized spacial score (nSPS) is 11.5. The molecule has 0 saturated heterocycles. The number of rotatable bonds is 0. The molecule has 3 aromatic heterocycles. The fourth-order valence-corrected chi connectivity index (χ4v) is 1.68. The second kappa shape index (κ2) is 2.10. The summed E-state index contributed by atoms with van der Waals surface area (Å²) in [7, 11) is 0. The van der Waals surface area contributed by atoms with Crippen LogP contribution in [0.2, 0.25) is 0 Å². The highest BCUT2D eigenvalue weighted by Crippen LogP contribution is 2.23. The van der Waals surface area contributed by atoms with E-state index in [2.05, 4.69) is 20.2 Å². The van der Waals surface area contributed by atoms with Crippen LogP contribution in [-0.2, 0) is 0 Å². The summed E-state index contributed by atoms with van der Waals surface area (Å²) < 4.78 is 0. The zero-order valence-corrected chi connectivity index (χ0v) is 7.13. The molecule has 4 heteroatoms. The molecule has 0 fully saturated rings. The van der Waals surface area contributed by atoms with E-state index in [-0.39, 0.29) is 0 Å². The molecular weight excluding hydrogens is 164 g/mol. The number of aryl methyl sites for hydroxylation is 1. The molecular formula is C9H8N4. The molecule has 13 heavy (non-hydrogen) atoms. The number of pyridine rings is 1. The van der Waals surface area contributed by atoms with Gasteiger partial charge in [0.15, 0.2) is 5.65 Å². The van der Waals surface area contributed by atoms with E-state index in [0.29, 0.717) is 0 Å². The molecule has 0 aromatic carbocycles. The summed E-state index contributed by atoms with van der Waals surface area (Å²) >= 11 is 0. The first-order chi connectivity index (χ1) is 6.36. The van der Waals surface area contributed by atoms with Crippen molar-refractivity contribution in [3.05, 3.63) is 24.2 Å². The van der Waals surface area contributed by atoms with Crippen molar-refractivity contribution in [2.45, 2.75) is 6.92 Å². The van der Waals surface area contributed by atoms with Gasteiger partial charge in [-0.15, -0.1) is 0 Å². The Bertz CT molecular complexity index is 575. The van der Waals surface area contributed by atoms with Gasteiger partial charge in [-0.25, -0.2) is 9.97 Å². The highest BCUT2D eigenvalue weighted by Gasteiger charge is 2.06. The Hall–Kier alpha value is -1.84. The van der Waals surface area contributed by atoms with Gasteiger partial charge in [-0.05, 0) is 13.0 Å². The maximum Gasteiger partial charge on any atom is 0.159 e. The number of fused-ring (bicyclic) bond motifs is 3. The minimum atomic E-state index is 0.809. The lowest BCUT2D eigenvalue weighted by molar-refractivity contribution is 1.07. The number of H-pyrrole nitrogens is 2. The predicted octanol–water partition coefficient (Wildman–Crippen LogP) is 1.75. The molecule has 0 aliphatic rings. The van der Waals surface area contributed by atoms with Crippen LogP contribution < -0.4 is 0 Å². The van der Waals surface area contributed by atoms with Crippen LogP contribution in [0.15, 0.2) is 18.5 Å². The largest absolute Gasteiger partial charge is 0.305 e. The van der Waals surface area contributed by atoms with Gasteiger partial charge in [-0.2, -0.15) is 0 Å². The van der Waals surface area contributed by atoms with Gasteiger partial charge in [0.2, 0.25) is 0 Å². The molecule has 3 heterocycles. The molecule has 0 amide bonds. The lowest BCUT2D eigenvalue weighted by Crippen LogP contribution is -1.77. The third-order valence-electron chi connectivity index (χ3n) is 2.29. The van der Waals surface area contributed by atoms with Gasteiger partial charge in [0.1, 0.15) is 0 Å². The Morgan fingerprint density at radius 1 is 1.23 bits per heavy atom. The van der Waals surface area contributed by atoms with Gasteiger partial charge in [-0.3, -0.25) is 5.10 Å². The topological polar surface area (TPSA) is 57.4 Å². The number of aromatic amines is 2. The van der Waals surface area contributed by atoms with E-state index in [4.69, 9.17) is 0 Å². The van der Waals surface area contributed by atoms with Gasteiger partial charge in [0.25, 0.3) is 0 Å². The van der Waals surface area contributed by atoms with E-state index in [9.17, 15) is 0 Å². The number of nitrogens with zero attached hydrogens (tertiary/aromatic N) is 2. The van der Waals surface area contributed by atoms with Gasteiger partial charge >= 0.3 is 0 Å². The first kappa shape index (κ1) is 6.65. The molecule has 0 unspecified atom stereocenters. The zero-order valence-electron chi connectivity index (χ0n) is 7.13. The van der Waals surface area contributed by atoms with Crippen molar-refractivity contribution in [2.24, 2.45) is 0 Å². The van der Waals surface area contributed by atoms with E-state index >= 15 is 0 Å². The summed E-state index contributed by atoms with van der Waals surface area (Å²) in [5.41, 5.74) is 2.96. The molecule has 4 nitrogen and oxygen atoms in total. The van der Waals surface area contributed by atoms with E-state index in [1.807, 2.05) is 13.0 Å². The van der Waals surface area contributed by atoms with Crippen LogP contribution in [0.5, 0.6) is 0 Å². The van der Waals surface area contributed by atoms with Crippen LogP contribution in [0.4, 0.5) is 0 Å². The molecule has 0 aliphatic heterocycles. The Kier molecular flexibility index (Phi) is 1.07. The smallest absolute Gasteiger partial charge is 0.159 e. The van der Waals surface area contributed by atoms with Crippen LogP contribution in [-0.4, -0.2) is 20.2 Å². The molecule has 3 aromatic rings. The second-order valence-electron chi connectivity index (χ2n) is 3.10. The number of hydrogen-bond acceptors (Lipinski definition) is 2. The van der Waals surface area contributed by atoms with E-state index in [0.717, 1.165) is 22.2 Å². The zero-order chi connectivity index (χ0) is 8.84. The Balaban J connectivity index is 2.70. The van der Waals surface area contributed by atoms with Crippen molar-refractivity contribution in [2.75, 3.05) is 0 Å². The van der Waals surface area contributed by atoms with Crippen molar-refractivity contribution in [3.8, 4) is 0 Å². The average Bonchev–Trinajstić information content (AvgIpc) is 2.70. The fraction of sp³-hybridized carbons (Fsp3) is 0.111. The molecule has 3 rings (SSSR count). The minimum Gasteiger partial charge on any atom is -0.305 e. The first-order valence-electron chi connectivity index (χ1n) is 4.12. The van der Waals surface area contributed by atoms with E-state index in [1.54, 1.807) is 12.4 Å². The quantitative estimate of drug-likeness (QED) is 0.542. The van der Waals surface area contributed by atoms with Crippen molar-refractivity contribution in [1.29, 1.82) is 0 Å². The summed E-state index contributed by atoms with van der Waals surface area (Å²) in [4.78, 5) is 8.37. The number of hydrogen-bond donors (Lipinski definition) is 2. The highest BCUT2D eigenvalue weighted by molar-refractivity contribution is 6.04. The number of aromatic nitrogens is 4. The van der Waals surface area contributed by atoms with Gasteiger partial charge in [0.05, 0.1) is 11.7 Å².